The van der Waals surface area contributed by atoms with Gasteiger partial charge in [0.15, 0.2) is 0 Å². The third-order valence-electron chi connectivity index (χ3n) is 5.74. The highest BCUT2D eigenvalue weighted by molar-refractivity contribution is 5.76. The lowest BCUT2D eigenvalue weighted by Gasteiger charge is -2.39. The Balaban J connectivity index is 1.42. The van der Waals surface area contributed by atoms with Crippen molar-refractivity contribution in [2.75, 3.05) is 47.0 Å². The number of carbonyl (C=O) groups excluding carboxylic acids is 1. The molecule has 1 aromatic carbocycles. The fourth-order valence-corrected chi connectivity index (χ4v) is 4.28. The average Bonchev–Trinajstić information content (AvgIpc) is 2.92. The number of ether oxygens (including phenoxy) is 2. The minimum Gasteiger partial charge on any atom is -0.493 e. The van der Waals surface area contributed by atoms with E-state index in [-0.39, 0.29) is 5.91 Å². The first-order valence-corrected chi connectivity index (χ1v) is 9.27. The highest BCUT2D eigenvalue weighted by atomic mass is 16.5. The van der Waals surface area contributed by atoms with Crippen molar-refractivity contribution >= 4 is 5.91 Å². The van der Waals surface area contributed by atoms with Crippen LogP contribution in [-0.4, -0.2) is 68.8 Å². The Kier molecular flexibility index (Phi) is 5.97. The Morgan fingerprint density at radius 3 is 2.64 bits per heavy atom. The van der Waals surface area contributed by atoms with E-state index in [0.29, 0.717) is 24.5 Å². The number of likely N-dealkylation sites (N-methyl/N-ethyl adjacent to an activating group) is 1. The topological polar surface area (TPSA) is 42.0 Å². The van der Waals surface area contributed by atoms with Crippen molar-refractivity contribution in [1.82, 2.24) is 9.80 Å². The van der Waals surface area contributed by atoms with Gasteiger partial charge in [0.05, 0.1) is 19.6 Å². The van der Waals surface area contributed by atoms with Crippen LogP contribution in [-0.2, 0) is 9.53 Å². The van der Waals surface area contributed by atoms with Crippen LogP contribution in [0, 0.1) is 5.41 Å². The molecular formula is C20H30N2O3. The summed E-state index contributed by atoms with van der Waals surface area (Å²) in [6.45, 7) is 4.12. The summed E-state index contributed by atoms with van der Waals surface area (Å²) in [4.78, 5) is 16.9. The molecule has 1 atom stereocenters. The predicted molar refractivity (Wildman–Crippen MR) is 97.7 cm³/mol. The van der Waals surface area contributed by atoms with Crippen LogP contribution < -0.4 is 4.74 Å². The third-order valence-corrected chi connectivity index (χ3v) is 5.74. The predicted octanol–water partition coefficient (Wildman–Crippen LogP) is 2.41. The molecule has 2 saturated heterocycles. The maximum Gasteiger partial charge on any atom is 0.225 e. The number of carbonyl (C=O) groups is 1. The summed E-state index contributed by atoms with van der Waals surface area (Å²) >= 11 is 0. The molecular weight excluding hydrogens is 316 g/mol. The van der Waals surface area contributed by atoms with Crippen LogP contribution in [0.3, 0.4) is 0 Å². The summed E-state index contributed by atoms with van der Waals surface area (Å²) in [6, 6.07) is 10.2. The number of para-hydroxylation sites is 1. The molecule has 5 nitrogen and oxygen atoms in total. The van der Waals surface area contributed by atoms with Crippen LogP contribution in [0.1, 0.15) is 25.7 Å². The summed E-state index contributed by atoms with van der Waals surface area (Å²) in [5.41, 5.74) is 0.370. The molecule has 0 bridgehead atoms. The number of piperidine rings is 1. The molecule has 0 aromatic heterocycles. The molecule has 0 aliphatic carbocycles. The van der Waals surface area contributed by atoms with Gasteiger partial charge in [0.2, 0.25) is 5.91 Å². The molecule has 1 spiro atoms. The molecule has 2 aliphatic heterocycles. The van der Waals surface area contributed by atoms with Crippen molar-refractivity contribution in [2.24, 2.45) is 5.41 Å². The third kappa shape index (κ3) is 4.53. The fraction of sp³-hybridized carbons (Fsp3) is 0.650. The monoisotopic (exact) mass is 346 g/mol. The molecule has 138 valence electrons. The van der Waals surface area contributed by atoms with Crippen LogP contribution in [0.5, 0.6) is 5.75 Å². The van der Waals surface area contributed by atoms with E-state index in [9.17, 15) is 4.79 Å². The van der Waals surface area contributed by atoms with Crippen molar-refractivity contribution in [3.8, 4) is 5.75 Å². The van der Waals surface area contributed by atoms with Gasteiger partial charge in [0.25, 0.3) is 0 Å². The van der Waals surface area contributed by atoms with E-state index in [1.54, 1.807) is 7.11 Å². The summed E-state index contributed by atoms with van der Waals surface area (Å²) in [5.74, 6) is 1.04. The largest absolute Gasteiger partial charge is 0.493 e. The van der Waals surface area contributed by atoms with Gasteiger partial charge in [-0.2, -0.15) is 0 Å². The number of amides is 1. The Bertz CT molecular complexity index is 555. The highest BCUT2D eigenvalue weighted by Crippen LogP contribution is 2.42. The summed E-state index contributed by atoms with van der Waals surface area (Å²) < 4.78 is 11.0. The summed E-state index contributed by atoms with van der Waals surface area (Å²) in [5, 5.41) is 0. The number of hydrogen-bond donors (Lipinski definition) is 0. The fourth-order valence-electron chi connectivity index (χ4n) is 4.28. The van der Waals surface area contributed by atoms with Crippen LogP contribution in [0.25, 0.3) is 0 Å². The van der Waals surface area contributed by atoms with Gasteiger partial charge in [-0.15, -0.1) is 0 Å². The Morgan fingerprint density at radius 2 is 1.96 bits per heavy atom. The Morgan fingerprint density at radius 1 is 1.24 bits per heavy atom. The summed E-state index contributed by atoms with van der Waals surface area (Å²) in [6.07, 6.45) is 3.84. The maximum absolute atomic E-state index is 12.4. The van der Waals surface area contributed by atoms with E-state index < -0.39 is 0 Å². The van der Waals surface area contributed by atoms with E-state index >= 15 is 0 Å². The van der Waals surface area contributed by atoms with Crippen LogP contribution in [0.4, 0.5) is 0 Å². The van der Waals surface area contributed by atoms with Crippen LogP contribution >= 0.6 is 0 Å². The van der Waals surface area contributed by atoms with Gasteiger partial charge in [-0.05, 0) is 43.9 Å². The molecule has 2 aliphatic rings. The minimum absolute atomic E-state index is 0.213. The number of rotatable bonds is 6. The van der Waals surface area contributed by atoms with E-state index in [1.165, 1.54) is 6.42 Å². The van der Waals surface area contributed by atoms with Gasteiger partial charge in [-0.3, -0.25) is 4.79 Å². The zero-order valence-corrected chi connectivity index (χ0v) is 15.4. The van der Waals surface area contributed by atoms with E-state index in [1.807, 2.05) is 35.2 Å². The molecule has 1 aromatic rings. The van der Waals surface area contributed by atoms with Gasteiger partial charge in [0, 0.05) is 32.8 Å². The molecule has 25 heavy (non-hydrogen) atoms. The van der Waals surface area contributed by atoms with E-state index in [0.717, 1.165) is 44.8 Å². The van der Waals surface area contributed by atoms with E-state index in [2.05, 4.69) is 11.9 Å². The molecule has 1 unspecified atom stereocenters. The van der Waals surface area contributed by atoms with Crippen LogP contribution in [0.2, 0.25) is 0 Å². The Labute approximate surface area is 150 Å². The second-order valence-electron chi connectivity index (χ2n) is 7.52. The lowest BCUT2D eigenvalue weighted by Crippen LogP contribution is -2.44. The van der Waals surface area contributed by atoms with Crippen molar-refractivity contribution in [1.29, 1.82) is 0 Å². The van der Waals surface area contributed by atoms with Gasteiger partial charge < -0.3 is 19.3 Å². The number of hydrogen-bond acceptors (Lipinski definition) is 4. The molecule has 2 fully saturated rings. The van der Waals surface area contributed by atoms with Crippen molar-refractivity contribution < 1.29 is 14.3 Å². The minimum atomic E-state index is 0.213. The van der Waals surface area contributed by atoms with E-state index in [4.69, 9.17) is 9.47 Å². The van der Waals surface area contributed by atoms with Gasteiger partial charge in [-0.1, -0.05) is 18.2 Å². The van der Waals surface area contributed by atoms with Gasteiger partial charge in [0.1, 0.15) is 5.75 Å². The van der Waals surface area contributed by atoms with Crippen molar-refractivity contribution in [3.63, 3.8) is 0 Å². The molecule has 5 heteroatoms. The van der Waals surface area contributed by atoms with Gasteiger partial charge in [-0.25, -0.2) is 0 Å². The number of benzene rings is 1. The number of nitrogens with zero attached hydrogens (tertiary/aromatic N) is 2. The zero-order chi connectivity index (χ0) is 17.7. The lowest BCUT2D eigenvalue weighted by molar-refractivity contribution is -0.134. The summed E-state index contributed by atoms with van der Waals surface area (Å²) in [7, 11) is 3.97. The second-order valence-corrected chi connectivity index (χ2v) is 7.52. The standard InChI is InChI=1S/C20H30N2O3/c1-21-16-20(14-17(21)15-24-2)9-11-22(12-10-20)19(23)8-13-25-18-6-4-3-5-7-18/h3-7,17H,8-16H2,1-2H3. The molecule has 2 heterocycles. The first kappa shape index (κ1) is 18.2. The molecule has 0 N–H and O–H groups in total. The zero-order valence-electron chi connectivity index (χ0n) is 15.4. The maximum atomic E-state index is 12.4. The normalized spacial score (nSPS) is 23.1. The first-order chi connectivity index (χ1) is 12.1. The van der Waals surface area contributed by atoms with Crippen molar-refractivity contribution in [3.05, 3.63) is 30.3 Å². The molecule has 0 radical (unpaired) electrons. The van der Waals surface area contributed by atoms with Crippen molar-refractivity contribution in [2.45, 2.75) is 31.7 Å². The number of methoxy groups -OCH3 is 1. The molecule has 1 amide bonds. The SMILES string of the molecule is COCC1CC2(CCN(C(=O)CCOc3ccccc3)CC2)CN1C. The second kappa shape index (κ2) is 8.19. The highest BCUT2D eigenvalue weighted by Gasteiger charge is 2.44. The first-order valence-electron chi connectivity index (χ1n) is 9.27. The average molecular weight is 346 g/mol. The molecule has 3 rings (SSSR count). The number of likely N-dealkylation sites (tertiary alicyclic amines) is 2. The molecule has 0 saturated carbocycles. The smallest absolute Gasteiger partial charge is 0.225 e. The van der Waals surface area contributed by atoms with Gasteiger partial charge >= 0.3 is 0 Å². The Hall–Kier alpha value is -1.59. The lowest BCUT2D eigenvalue weighted by atomic mass is 9.76. The van der Waals surface area contributed by atoms with Crippen LogP contribution in [0.15, 0.2) is 30.3 Å². The quantitative estimate of drug-likeness (QED) is 0.793.